The van der Waals surface area contributed by atoms with Gasteiger partial charge in [0, 0.05) is 24.4 Å². The summed E-state index contributed by atoms with van der Waals surface area (Å²) in [5, 5.41) is 3.46. The third kappa shape index (κ3) is 2.62. The van der Waals surface area contributed by atoms with Crippen molar-refractivity contribution >= 4 is 0 Å². The van der Waals surface area contributed by atoms with Crippen molar-refractivity contribution < 1.29 is 0 Å². The summed E-state index contributed by atoms with van der Waals surface area (Å²) in [6.07, 6.45) is 5.79. The summed E-state index contributed by atoms with van der Waals surface area (Å²) >= 11 is 0. The topological polar surface area (TPSA) is 24.9 Å². The molecule has 0 saturated heterocycles. The molecule has 0 aliphatic heterocycles. The van der Waals surface area contributed by atoms with Crippen molar-refractivity contribution in [3.8, 4) is 0 Å². The average molecular weight is 218 g/mol. The molecule has 0 radical (unpaired) electrons. The molecule has 16 heavy (non-hydrogen) atoms. The fraction of sp³-hybridized carbons (Fsp3) is 0.643. The van der Waals surface area contributed by atoms with E-state index >= 15 is 0 Å². The Morgan fingerprint density at radius 2 is 2.25 bits per heavy atom. The predicted octanol–water partition coefficient (Wildman–Crippen LogP) is 2.57. The fourth-order valence-electron chi connectivity index (χ4n) is 2.44. The highest BCUT2D eigenvalue weighted by Crippen LogP contribution is 2.38. The maximum atomic E-state index is 4.49. The van der Waals surface area contributed by atoms with Crippen LogP contribution in [0, 0.1) is 18.8 Å². The molecule has 1 fully saturated rings. The van der Waals surface area contributed by atoms with Crippen LogP contribution in [0.2, 0.25) is 0 Å². The first-order valence-corrected chi connectivity index (χ1v) is 6.30. The summed E-state index contributed by atoms with van der Waals surface area (Å²) in [4.78, 5) is 4.49. The molecule has 2 atom stereocenters. The minimum absolute atomic E-state index is 0.570. The Bertz CT molecular complexity index is 344. The molecule has 0 aromatic carbocycles. The van der Waals surface area contributed by atoms with Gasteiger partial charge in [0.05, 0.1) is 0 Å². The summed E-state index contributed by atoms with van der Waals surface area (Å²) in [7, 11) is 2.07. The van der Waals surface area contributed by atoms with Crippen LogP contribution in [0.25, 0.3) is 0 Å². The molecule has 1 aromatic rings. The molecule has 88 valence electrons. The van der Waals surface area contributed by atoms with Crippen molar-refractivity contribution in [1.82, 2.24) is 10.3 Å². The molecule has 0 spiro atoms. The van der Waals surface area contributed by atoms with Gasteiger partial charge in [0.1, 0.15) is 0 Å². The van der Waals surface area contributed by atoms with Gasteiger partial charge < -0.3 is 5.32 Å². The summed E-state index contributed by atoms with van der Waals surface area (Å²) in [6.45, 7) is 4.52. The normalized spacial score (nSPS) is 19.4. The Kier molecular flexibility index (Phi) is 3.59. The van der Waals surface area contributed by atoms with Crippen LogP contribution in [0.5, 0.6) is 0 Å². The fourth-order valence-corrected chi connectivity index (χ4v) is 2.44. The molecular formula is C14H22N2. The highest BCUT2D eigenvalue weighted by Gasteiger charge is 2.32. The first-order valence-electron chi connectivity index (χ1n) is 6.30. The van der Waals surface area contributed by atoms with Gasteiger partial charge in [-0.25, -0.2) is 0 Å². The molecule has 0 bridgehead atoms. The SMILES string of the molecule is CNC(Cc1ncccc1C)C(C)C1CC1. The smallest absolute Gasteiger partial charge is 0.0448 e. The van der Waals surface area contributed by atoms with Gasteiger partial charge in [0.15, 0.2) is 0 Å². The lowest BCUT2D eigenvalue weighted by Crippen LogP contribution is -2.35. The third-order valence-corrected chi connectivity index (χ3v) is 3.90. The molecule has 0 amide bonds. The van der Waals surface area contributed by atoms with Gasteiger partial charge in [-0.2, -0.15) is 0 Å². The van der Waals surface area contributed by atoms with Crippen molar-refractivity contribution in [2.45, 2.75) is 39.2 Å². The van der Waals surface area contributed by atoms with Crippen molar-refractivity contribution in [3.05, 3.63) is 29.6 Å². The number of likely N-dealkylation sites (N-methyl/N-ethyl adjacent to an activating group) is 1. The Balaban J connectivity index is 2.03. The first kappa shape index (κ1) is 11.6. The van der Waals surface area contributed by atoms with E-state index in [2.05, 4.69) is 37.3 Å². The number of hydrogen-bond donors (Lipinski definition) is 1. The van der Waals surface area contributed by atoms with Crippen LogP contribution in [0.15, 0.2) is 18.3 Å². The van der Waals surface area contributed by atoms with Crippen LogP contribution >= 0.6 is 0 Å². The van der Waals surface area contributed by atoms with Gasteiger partial charge >= 0.3 is 0 Å². The average Bonchev–Trinajstić information content (AvgIpc) is 3.11. The molecule has 2 heteroatoms. The van der Waals surface area contributed by atoms with Crippen LogP contribution in [-0.4, -0.2) is 18.1 Å². The third-order valence-electron chi connectivity index (χ3n) is 3.90. The van der Waals surface area contributed by atoms with Crippen LogP contribution in [0.3, 0.4) is 0 Å². The van der Waals surface area contributed by atoms with E-state index in [0.29, 0.717) is 6.04 Å². The quantitative estimate of drug-likeness (QED) is 0.821. The lowest BCUT2D eigenvalue weighted by Gasteiger charge is -2.23. The molecule has 2 nitrogen and oxygen atoms in total. The van der Waals surface area contributed by atoms with E-state index in [-0.39, 0.29) is 0 Å². The van der Waals surface area contributed by atoms with E-state index in [1.54, 1.807) is 0 Å². The minimum Gasteiger partial charge on any atom is -0.316 e. The second kappa shape index (κ2) is 4.96. The highest BCUT2D eigenvalue weighted by atomic mass is 14.9. The van der Waals surface area contributed by atoms with Crippen LogP contribution < -0.4 is 5.32 Å². The Labute approximate surface area is 98.5 Å². The molecule has 1 aliphatic carbocycles. The van der Waals surface area contributed by atoms with E-state index in [9.17, 15) is 0 Å². The summed E-state index contributed by atoms with van der Waals surface area (Å²) in [5.41, 5.74) is 2.56. The van der Waals surface area contributed by atoms with Crippen molar-refractivity contribution in [2.24, 2.45) is 11.8 Å². The van der Waals surface area contributed by atoms with E-state index < -0.39 is 0 Å². The standard InChI is InChI=1S/C14H22N2/c1-10-5-4-8-16-13(10)9-14(15-3)11(2)12-6-7-12/h4-5,8,11-12,14-15H,6-7,9H2,1-3H3. The summed E-state index contributed by atoms with van der Waals surface area (Å²) < 4.78 is 0. The van der Waals surface area contributed by atoms with E-state index in [1.165, 1.54) is 24.1 Å². The lowest BCUT2D eigenvalue weighted by molar-refractivity contribution is 0.355. The molecule has 2 unspecified atom stereocenters. The molecule has 1 heterocycles. The zero-order chi connectivity index (χ0) is 11.5. The lowest BCUT2D eigenvalue weighted by atomic mass is 9.92. The Morgan fingerprint density at radius 1 is 1.50 bits per heavy atom. The van der Waals surface area contributed by atoms with Gasteiger partial charge in [-0.1, -0.05) is 13.0 Å². The number of aryl methyl sites for hydroxylation is 1. The minimum atomic E-state index is 0.570. The number of aromatic nitrogens is 1. The Hall–Kier alpha value is -0.890. The van der Waals surface area contributed by atoms with Gasteiger partial charge in [-0.05, 0) is 50.3 Å². The molecule has 1 saturated carbocycles. The second-order valence-electron chi connectivity index (χ2n) is 5.06. The molecule has 1 aliphatic rings. The van der Waals surface area contributed by atoms with Crippen molar-refractivity contribution in [3.63, 3.8) is 0 Å². The van der Waals surface area contributed by atoms with Gasteiger partial charge in [0.25, 0.3) is 0 Å². The second-order valence-corrected chi connectivity index (χ2v) is 5.06. The number of hydrogen-bond acceptors (Lipinski definition) is 2. The number of rotatable bonds is 5. The zero-order valence-electron chi connectivity index (χ0n) is 10.5. The molecular weight excluding hydrogens is 196 g/mol. The number of nitrogens with one attached hydrogen (secondary N) is 1. The van der Waals surface area contributed by atoms with Gasteiger partial charge in [0.2, 0.25) is 0 Å². The number of nitrogens with zero attached hydrogens (tertiary/aromatic N) is 1. The summed E-state index contributed by atoms with van der Waals surface area (Å²) in [5.74, 6) is 1.72. The first-order chi connectivity index (χ1) is 7.72. The maximum absolute atomic E-state index is 4.49. The van der Waals surface area contributed by atoms with E-state index in [4.69, 9.17) is 0 Å². The van der Waals surface area contributed by atoms with Gasteiger partial charge in [-0.3, -0.25) is 4.98 Å². The van der Waals surface area contributed by atoms with Crippen molar-refractivity contribution in [1.29, 1.82) is 0 Å². The Morgan fingerprint density at radius 3 is 2.81 bits per heavy atom. The molecule has 2 rings (SSSR count). The molecule has 1 N–H and O–H groups in total. The van der Waals surface area contributed by atoms with Crippen LogP contribution in [0.4, 0.5) is 0 Å². The zero-order valence-corrected chi connectivity index (χ0v) is 10.5. The van der Waals surface area contributed by atoms with Crippen LogP contribution in [0.1, 0.15) is 31.0 Å². The van der Waals surface area contributed by atoms with Crippen molar-refractivity contribution in [2.75, 3.05) is 7.05 Å². The highest BCUT2D eigenvalue weighted by molar-refractivity contribution is 5.18. The van der Waals surface area contributed by atoms with Gasteiger partial charge in [-0.15, -0.1) is 0 Å². The largest absolute Gasteiger partial charge is 0.316 e. The predicted molar refractivity (Wildman–Crippen MR) is 67.4 cm³/mol. The number of pyridine rings is 1. The van der Waals surface area contributed by atoms with Crippen LogP contribution in [-0.2, 0) is 6.42 Å². The maximum Gasteiger partial charge on any atom is 0.0448 e. The van der Waals surface area contributed by atoms with E-state index in [1.807, 2.05) is 12.3 Å². The van der Waals surface area contributed by atoms with E-state index in [0.717, 1.165) is 18.3 Å². The monoisotopic (exact) mass is 218 g/mol. The summed E-state index contributed by atoms with van der Waals surface area (Å²) in [6, 6.07) is 4.73. The molecule has 1 aromatic heterocycles.